The van der Waals surface area contributed by atoms with E-state index in [1.165, 1.54) is 0 Å². The third-order valence-corrected chi connectivity index (χ3v) is 4.14. The summed E-state index contributed by atoms with van der Waals surface area (Å²) in [5, 5.41) is 3.40. The van der Waals surface area contributed by atoms with E-state index >= 15 is 0 Å². The summed E-state index contributed by atoms with van der Waals surface area (Å²) in [6.07, 6.45) is -0.224. The number of aromatic nitrogens is 1. The molecule has 0 aliphatic rings. The van der Waals surface area contributed by atoms with Gasteiger partial charge in [0.25, 0.3) is 5.91 Å². The Morgan fingerprint density at radius 3 is 2.46 bits per heavy atom. The van der Waals surface area contributed by atoms with Gasteiger partial charge in [0.1, 0.15) is 5.69 Å². The van der Waals surface area contributed by atoms with E-state index in [0.29, 0.717) is 33.2 Å². The van der Waals surface area contributed by atoms with Gasteiger partial charge in [-0.15, -0.1) is 0 Å². The molecule has 0 atom stereocenters. The van der Waals surface area contributed by atoms with Crippen LogP contribution in [0.5, 0.6) is 0 Å². The monoisotopic (exact) mass is 348 g/mol. The standard InChI is InChI=1S/C18H21ClN2O3/c1-9(2)24-18(23)15-11(4)16(20-12(15)5)17(22)21-14-8-6-7-13(19)10(14)3/h6-9,20H,1-5H3,(H,21,22). The molecule has 0 radical (unpaired) electrons. The maximum atomic E-state index is 12.6. The van der Waals surface area contributed by atoms with Gasteiger partial charge in [-0.05, 0) is 57.9 Å². The van der Waals surface area contributed by atoms with Gasteiger partial charge in [0.15, 0.2) is 0 Å². The van der Waals surface area contributed by atoms with E-state index in [1.54, 1.807) is 45.9 Å². The van der Waals surface area contributed by atoms with Crippen LogP contribution in [-0.4, -0.2) is 23.0 Å². The molecule has 0 saturated heterocycles. The molecule has 0 aliphatic heterocycles. The highest BCUT2D eigenvalue weighted by atomic mass is 35.5. The summed E-state index contributed by atoms with van der Waals surface area (Å²) in [6.45, 7) is 8.86. The number of esters is 1. The van der Waals surface area contributed by atoms with Crippen LogP contribution in [0.2, 0.25) is 5.02 Å². The van der Waals surface area contributed by atoms with Gasteiger partial charge in [-0.3, -0.25) is 4.79 Å². The first-order valence-corrected chi connectivity index (χ1v) is 8.06. The molecule has 1 heterocycles. The molecular weight excluding hydrogens is 328 g/mol. The van der Waals surface area contributed by atoms with Crippen molar-refractivity contribution in [1.82, 2.24) is 4.98 Å². The summed E-state index contributed by atoms with van der Waals surface area (Å²) in [5.41, 5.74) is 3.32. The summed E-state index contributed by atoms with van der Waals surface area (Å²) in [5.74, 6) is -0.765. The second-order valence-corrected chi connectivity index (χ2v) is 6.35. The zero-order chi connectivity index (χ0) is 18.0. The minimum Gasteiger partial charge on any atom is -0.459 e. The summed E-state index contributed by atoms with van der Waals surface area (Å²) >= 11 is 6.07. The average Bonchev–Trinajstić information content (AvgIpc) is 2.78. The first-order valence-electron chi connectivity index (χ1n) is 7.69. The number of aryl methyl sites for hydroxylation is 1. The van der Waals surface area contributed by atoms with Crippen molar-refractivity contribution < 1.29 is 14.3 Å². The molecule has 1 aromatic heterocycles. The number of rotatable bonds is 4. The molecule has 2 N–H and O–H groups in total. The smallest absolute Gasteiger partial charge is 0.340 e. The Morgan fingerprint density at radius 1 is 1.17 bits per heavy atom. The van der Waals surface area contributed by atoms with Crippen LogP contribution in [0.4, 0.5) is 5.69 Å². The van der Waals surface area contributed by atoms with Crippen molar-refractivity contribution >= 4 is 29.2 Å². The molecule has 6 heteroatoms. The predicted molar refractivity (Wildman–Crippen MR) is 95.0 cm³/mol. The number of benzene rings is 1. The SMILES string of the molecule is Cc1[nH]c(C(=O)Nc2cccc(Cl)c2C)c(C)c1C(=O)OC(C)C. The Morgan fingerprint density at radius 2 is 1.83 bits per heavy atom. The van der Waals surface area contributed by atoms with Crippen LogP contribution in [0.1, 0.15) is 51.5 Å². The molecule has 24 heavy (non-hydrogen) atoms. The number of nitrogens with one attached hydrogen (secondary N) is 2. The molecule has 0 aliphatic carbocycles. The number of carbonyl (C=O) groups excluding carboxylic acids is 2. The number of anilines is 1. The maximum absolute atomic E-state index is 12.6. The number of aromatic amines is 1. The van der Waals surface area contributed by atoms with Crippen LogP contribution < -0.4 is 5.32 Å². The Labute approximate surface area is 146 Å². The minimum absolute atomic E-state index is 0.224. The highest BCUT2D eigenvalue weighted by Gasteiger charge is 2.24. The number of hydrogen-bond donors (Lipinski definition) is 2. The third-order valence-electron chi connectivity index (χ3n) is 3.73. The molecule has 1 amide bonds. The molecule has 0 spiro atoms. The van der Waals surface area contributed by atoms with E-state index in [2.05, 4.69) is 10.3 Å². The lowest BCUT2D eigenvalue weighted by atomic mass is 10.1. The van der Waals surface area contributed by atoms with E-state index < -0.39 is 5.97 Å². The first kappa shape index (κ1) is 18.1. The van der Waals surface area contributed by atoms with E-state index in [9.17, 15) is 9.59 Å². The molecule has 1 aromatic carbocycles. The molecule has 2 rings (SSSR count). The van der Waals surface area contributed by atoms with Gasteiger partial charge in [-0.2, -0.15) is 0 Å². The van der Waals surface area contributed by atoms with Crippen molar-refractivity contribution in [2.75, 3.05) is 5.32 Å². The quantitative estimate of drug-likeness (QED) is 0.804. The Balaban J connectivity index is 2.31. The van der Waals surface area contributed by atoms with E-state index in [1.807, 2.05) is 6.92 Å². The number of carbonyl (C=O) groups is 2. The molecule has 0 fully saturated rings. The highest BCUT2D eigenvalue weighted by Crippen LogP contribution is 2.25. The molecule has 0 saturated carbocycles. The average molecular weight is 349 g/mol. The van der Waals surface area contributed by atoms with Crippen LogP contribution >= 0.6 is 11.6 Å². The number of halogens is 1. The third kappa shape index (κ3) is 3.62. The van der Waals surface area contributed by atoms with Crippen molar-refractivity contribution in [3.8, 4) is 0 Å². The fourth-order valence-electron chi connectivity index (χ4n) is 2.48. The second-order valence-electron chi connectivity index (χ2n) is 5.95. The molecule has 2 aromatic rings. The van der Waals surface area contributed by atoms with Crippen LogP contribution in [-0.2, 0) is 4.74 Å². The predicted octanol–water partition coefficient (Wildman–Crippen LogP) is 4.41. The van der Waals surface area contributed by atoms with Gasteiger partial charge in [-0.1, -0.05) is 17.7 Å². The van der Waals surface area contributed by atoms with Gasteiger partial charge in [0.2, 0.25) is 0 Å². The van der Waals surface area contributed by atoms with Crippen molar-refractivity contribution in [1.29, 1.82) is 0 Å². The van der Waals surface area contributed by atoms with Crippen LogP contribution in [0.25, 0.3) is 0 Å². The highest BCUT2D eigenvalue weighted by molar-refractivity contribution is 6.31. The summed E-state index contributed by atoms with van der Waals surface area (Å²) in [7, 11) is 0. The summed E-state index contributed by atoms with van der Waals surface area (Å²) in [4.78, 5) is 27.7. The van der Waals surface area contributed by atoms with Gasteiger partial charge in [0.05, 0.1) is 11.7 Å². The van der Waals surface area contributed by atoms with Crippen LogP contribution in [0.15, 0.2) is 18.2 Å². The van der Waals surface area contributed by atoms with Gasteiger partial charge >= 0.3 is 5.97 Å². The number of H-pyrrole nitrogens is 1. The van der Waals surface area contributed by atoms with Crippen LogP contribution in [0.3, 0.4) is 0 Å². The first-order chi connectivity index (χ1) is 11.2. The van der Waals surface area contributed by atoms with Gasteiger partial charge in [0, 0.05) is 16.4 Å². The maximum Gasteiger partial charge on any atom is 0.340 e. The molecule has 0 unspecified atom stereocenters. The number of hydrogen-bond acceptors (Lipinski definition) is 3. The van der Waals surface area contributed by atoms with Crippen LogP contribution in [0, 0.1) is 20.8 Å². The van der Waals surface area contributed by atoms with Gasteiger partial charge < -0.3 is 15.0 Å². The lowest BCUT2D eigenvalue weighted by molar-refractivity contribution is 0.0376. The lowest BCUT2D eigenvalue weighted by Gasteiger charge is -2.10. The fraction of sp³-hybridized carbons (Fsp3) is 0.333. The molecule has 5 nitrogen and oxygen atoms in total. The zero-order valence-electron chi connectivity index (χ0n) is 14.4. The van der Waals surface area contributed by atoms with E-state index in [-0.39, 0.29) is 12.0 Å². The van der Waals surface area contributed by atoms with E-state index in [0.717, 1.165) is 5.56 Å². The normalized spacial score (nSPS) is 10.8. The fourth-order valence-corrected chi connectivity index (χ4v) is 2.66. The van der Waals surface area contributed by atoms with Crippen molar-refractivity contribution in [3.05, 3.63) is 51.3 Å². The summed E-state index contributed by atoms with van der Waals surface area (Å²) < 4.78 is 5.24. The Kier molecular flexibility index (Phi) is 5.34. The molecule has 128 valence electrons. The van der Waals surface area contributed by atoms with Crippen molar-refractivity contribution in [2.45, 2.75) is 40.7 Å². The summed E-state index contributed by atoms with van der Waals surface area (Å²) in [6, 6.07) is 5.30. The topological polar surface area (TPSA) is 71.2 Å². The second kappa shape index (κ2) is 7.09. The number of amides is 1. The van der Waals surface area contributed by atoms with E-state index in [4.69, 9.17) is 16.3 Å². The lowest BCUT2D eigenvalue weighted by Crippen LogP contribution is -2.15. The van der Waals surface area contributed by atoms with Crippen molar-refractivity contribution in [3.63, 3.8) is 0 Å². The Bertz CT molecular complexity index is 794. The molecule has 0 bridgehead atoms. The number of ether oxygens (including phenoxy) is 1. The zero-order valence-corrected chi connectivity index (χ0v) is 15.2. The minimum atomic E-state index is -0.436. The molecular formula is C18H21ClN2O3. The van der Waals surface area contributed by atoms with Crippen molar-refractivity contribution in [2.24, 2.45) is 0 Å². The largest absolute Gasteiger partial charge is 0.459 e. The Hall–Kier alpha value is -2.27. The van der Waals surface area contributed by atoms with Gasteiger partial charge in [-0.25, -0.2) is 4.79 Å².